The maximum atomic E-state index is 12.1. The standard InChI is InChI=1S/C16H15BrN2O5/c1-10(20)18-11-3-5-12(6-4-11)23-15(21)9-19(2)16(22)13-7-8-14(17)24-13/h3-8H,9H2,1-2H3,(H,18,20). The molecule has 1 heterocycles. The fraction of sp³-hybridized carbons (Fsp3) is 0.188. The van der Waals surface area contributed by atoms with Crippen LogP contribution in [0.1, 0.15) is 17.5 Å². The summed E-state index contributed by atoms with van der Waals surface area (Å²) in [6.45, 7) is 1.17. The number of nitrogens with zero attached hydrogens (tertiary/aromatic N) is 1. The largest absolute Gasteiger partial charge is 0.444 e. The second kappa shape index (κ2) is 7.78. The molecule has 0 atom stereocenters. The van der Waals surface area contributed by atoms with Crippen LogP contribution < -0.4 is 10.1 Å². The highest BCUT2D eigenvalue weighted by Gasteiger charge is 2.19. The fourth-order valence-corrected chi connectivity index (χ4v) is 2.16. The van der Waals surface area contributed by atoms with Crippen LogP contribution in [0.2, 0.25) is 0 Å². The Morgan fingerprint density at radius 1 is 1.17 bits per heavy atom. The van der Waals surface area contributed by atoms with Crippen molar-refractivity contribution in [2.45, 2.75) is 6.92 Å². The van der Waals surface area contributed by atoms with Gasteiger partial charge in [-0.1, -0.05) is 0 Å². The lowest BCUT2D eigenvalue weighted by molar-refractivity contribution is -0.134. The Bertz CT molecular complexity index is 754. The molecule has 2 rings (SSSR count). The van der Waals surface area contributed by atoms with E-state index in [1.54, 1.807) is 30.3 Å². The summed E-state index contributed by atoms with van der Waals surface area (Å²) in [5.41, 5.74) is 0.595. The molecule has 2 aromatic rings. The molecule has 2 amide bonds. The maximum Gasteiger partial charge on any atom is 0.331 e. The summed E-state index contributed by atoms with van der Waals surface area (Å²) < 4.78 is 10.7. The van der Waals surface area contributed by atoms with Crippen molar-refractivity contribution in [1.82, 2.24) is 4.90 Å². The van der Waals surface area contributed by atoms with Crippen LogP contribution in [-0.2, 0) is 9.59 Å². The molecule has 1 N–H and O–H groups in total. The van der Waals surface area contributed by atoms with Crippen LogP contribution in [0.4, 0.5) is 5.69 Å². The molecular formula is C16H15BrN2O5. The van der Waals surface area contributed by atoms with Gasteiger partial charge in [0.05, 0.1) is 0 Å². The minimum atomic E-state index is -0.594. The minimum absolute atomic E-state index is 0.122. The number of halogens is 1. The average Bonchev–Trinajstić information content (AvgIpc) is 2.94. The number of carbonyl (C=O) groups is 3. The van der Waals surface area contributed by atoms with Crippen LogP contribution in [0, 0.1) is 0 Å². The van der Waals surface area contributed by atoms with Gasteiger partial charge in [0.2, 0.25) is 5.91 Å². The summed E-state index contributed by atoms with van der Waals surface area (Å²) in [6.07, 6.45) is 0. The number of anilines is 1. The number of likely N-dealkylation sites (N-methyl/N-ethyl adjacent to an activating group) is 1. The fourth-order valence-electron chi connectivity index (χ4n) is 1.86. The second-order valence-electron chi connectivity index (χ2n) is 4.94. The Balaban J connectivity index is 1.90. The van der Waals surface area contributed by atoms with Crippen LogP contribution in [0.3, 0.4) is 0 Å². The number of ether oxygens (including phenoxy) is 1. The van der Waals surface area contributed by atoms with Crippen LogP contribution >= 0.6 is 15.9 Å². The number of furan rings is 1. The van der Waals surface area contributed by atoms with E-state index in [9.17, 15) is 14.4 Å². The maximum absolute atomic E-state index is 12.1. The number of carbonyl (C=O) groups excluding carboxylic acids is 3. The molecule has 0 fully saturated rings. The van der Waals surface area contributed by atoms with Gasteiger partial charge in [0.1, 0.15) is 12.3 Å². The first-order valence-electron chi connectivity index (χ1n) is 6.94. The zero-order chi connectivity index (χ0) is 17.7. The molecule has 24 heavy (non-hydrogen) atoms. The Morgan fingerprint density at radius 3 is 2.38 bits per heavy atom. The molecule has 8 heteroatoms. The molecule has 0 aliphatic rings. The molecule has 0 aliphatic carbocycles. The van der Waals surface area contributed by atoms with Crippen LogP contribution in [0.25, 0.3) is 0 Å². The molecule has 0 aliphatic heterocycles. The van der Waals surface area contributed by atoms with Crippen LogP contribution in [0.15, 0.2) is 45.5 Å². The van der Waals surface area contributed by atoms with E-state index in [-0.39, 0.29) is 18.2 Å². The van der Waals surface area contributed by atoms with Crippen molar-refractivity contribution >= 4 is 39.4 Å². The molecule has 0 saturated carbocycles. The number of hydrogen-bond acceptors (Lipinski definition) is 5. The van der Waals surface area contributed by atoms with Gasteiger partial charge in [-0.25, -0.2) is 4.79 Å². The molecule has 126 valence electrons. The van der Waals surface area contributed by atoms with Crippen molar-refractivity contribution in [2.24, 2.45) is 0 Å². The van der Waals surface area contributed by atoms with E-state index in [2.05, 4.69) is 21.2 Å². The lowest BCUT2D eigenvalue weighted by atomic mass is 10.3. The van der Waals surface area contributed by atoms with Crippen LogP contribution in [-0.4, -0.2) is 36.3 Å². The van der Waals surface area contributed by atoms with E-state index in [4.69, 9.17) is 9.15 Å². The second-order valence-corrected chi connectivity index (χ2v) is 5.73. The number of nitrogens with one attached hydrogen (secondary N) is 1. The zero-order valence-corrected chi connectivity index (χ0v) is 14.6. The smallest absolute Gasteiger partial charge is 0.331 e. The van der Waals surface area contributed by atoms with Gasteiger partial charge in [-0.15, -0.1) is 0 Å². The van der Waals surface area contributed by atoms with E-state index >= 15 is 0 Å². The normalized spacial score (nSPS) is 10.1. The summed E-state index contributed by atoms with van der Waals surface area (Å²) in [5, 5.41) is 2.61. The molecule has 0 unspecified atom stereocenters. The van der Waals surface area contributed by atoms with Gasteiger partial charge in [0, 0.05) is 19.7 Å². The van der Waals surface area contributed by atoms with Gasteiger partial charge in [-0.2, -0.15) is 0 Å². The molecule has 1 aromatic heterocycles. The first kappa shape index (κ1) is 17.7. The Labute approximate surface area is 146 Å². The molecule has 0 saturated heterocycles. The molecule has 0 bridgehead atoms. The number of amides is 2. The quantitative estimate of drug-likeness (QED) is 0.621. The van der Waals surface area contributed by atoms with E-state index in [0.29, 0.717) is 16.1 Å². The molecule has 1 aromatic carbocycles. The Hall–Kier alpha value is -2.61. The van der Waals surface area contributed by atoms with Crippen molar-refractivity contribution in [3.63, 3.8) is 0 Å². The van der Waals surface area contributed by atoms with E-state index in [0.717, 1.165) is 0 Å². The van der Waals surface area contributed by atoms with Crippen molar-refractivity contribution in [2.75, 3.05) is 18.9 Å². The van der Waals surface area contributed by atoms with Crippen molar-refractivity contribution in [3.05, 3.63) is 46.8 Å². The monoisotopic (exact) mass is 394 g/mol. The van der Waals surface area contributed by atoms with Crippen molar-refractivity contribution in [3.8, 4) is 5.75 Å². The first-order chi connectivity index (χ1) is 11.3. The SMILES string of the molecule is CC(=O)Nc1ccc(OC(=O)CN(C)C(=O)c2ccc(Br)o2)cc1. The zero-order valence-electron chi connectivity index (χ0n) is 13.0. The average molecular weight is 395 g/mol. The minimum Gasteiger partial charge on any atom is -0.444 e. The predicted molar refractivity (Wildman–Crippen MR) is 89.7 cm³/mol. The van der Waals surface area contributed by atoms with Gasteiger partial charge in [0.15, 0.2) is 10.4 Å². The van der Waals surface area contributed by atoms with Gasteiger partial charge in [-0.3, -0.25) is 9.59 Å². The lowest BCUT2D eigenvalue weighted by Crippen LogP contribution is -2.33. The summed E-state index contributed by atoms with van der Waals surface area (Å²) in [6, 6.07) is 9.42. The molecule has 0 radical (unpaired) electrons. The highest BCUT2D eigenvalue weighted by Crippen LogP contribution is 2.17. The number of hydrogen-bond donors (Lipinski definition) is 1. The summed E-state index contributed by atoms with van der Waals surface area (Å²) in [5.74, 6) is -0.778. The van der Waals surface area contributed by atoms with Crippen molar-refractivity contribution < 1.29 is 23.5 Å². The van der Waals surface area contributed by atoms with Gasteiger partial charge >= 0.3 is 5.97 Å². The lowest BCUT2D eigenvalue weighted by Gasteiger charge is -2.14. The number of rotatable bonds is 5. The molecule has 7 nitrogen and oxygen atoms in total. The Kier molecular flexibility index (Phi) is 5.75. The molecular weight excluding hydrogens is 380 g/mol. The summed E-state index contributed by atoms with van der Waals surface area (Å²) in [7, 11) is 1.47. The highest BCUT2D eigenvalue weighted by molar-refractivity contribution is 9.10. The predicted octanol–water partition coefficient (Wildman–Crippen LogP) is 2.68. The number of esters is 1. The third-order valence-electron chi connectivity index (χ3n) is 2.90. The summed E-state index contributed by atoms with van der Waals surface area (Å²) in [4.78, 5) is 36.1. The van der Waals surface area contributed by atoms with Gasteiger partial charge in [0.25, 0.3) is 5.91 Å². The third-order valence-corrected chi connectivity index (χ3v) is 3.33. The first-order valence-corrected chi connectivity index (χ1v) is 7.73. The summed E-state index contributed by atoms with van der Waals surface area (Å²) >= 11 is 3.11. The van der Waals surface area contributed by atoms with Gasteiger partial charge in [-0.05, 0) is 52.3 Å². The topological polar surface area (TPSA) is 88.9 Å². The van der Waals surface area contributed by atoms with E-state index in [1.165, 1.54) is 24.9 Å². The van der Waals surface area contributed by atoms with Crippen molar-refractivity contribution in [1.29, 1.82) is 0 Å². The van der Waals surface area contributed by atoms with Crippen LogP contribution in [0.5, 0.6) is 5.75 Å². The van der Waals surface area contributed by atoms with E-state index in [1.807, 2.05) is 0 Å². The highest BCUT2D eigenvalue weighted by atomic mass is 79.9. The van der Waals surface area contributed by atoms with Gasteiger partial charge < -0.3 is 19.4 Å². The third kappa shape index (κ3) is 4.95. The van der Waals surface area contributed by atoms with E-state index < -0.39 is 11.9 Å². The Morgan fingerprint density at radius 2 is 1.83 bits per heavy atom. The number of benzene rings is 1. The molecule has 0 spiro atoms.